The van der Waals surface area contributed by atoms with Gasteiger partial charge in [-0.25, -0.2) is 4.39 Å². The van der Waals surface area contributed by atoms with Crippen molar-refractivity contribution in [1.29, 1.82) is 0 Å². The van der Waals surface area contributed by atoms with Gasteiger partial charge in [0.1, 0.15) is 5.82 Å². The van der Waals surface area contributed by atoms with Crippen LogP contribution in [-0.4, -0.2) is 57.1 Å². The minimum atomic E-state index is -0.260. The minimum absolute atomic E-state index is 0.0399. The van der Waals surface area contributed by atoms with E-state index in [0.29, 0.717) is 0 Å². The molecule has 1 aromatic rings. The molecule has 0 spiro atoms. The fraction of sp³-hybridized carbons (Fsp3) is 0.588. The van der Waals surface area contributed by atoms with Gasteiger partial charge in [0.2, 0.25) is 5.91 Å². The van der Waals surface area contributed by atoms with Crippen LogP contribution in [0, 0.1) is 11.7 Å². The summed E-state index contributed by atoms with van der Waals surface area (Å²) < 4.78 is 13.8. The zero-order chi connectivity index (χ0) is 16.4. The van der Waals surface area contributed by atoms with Crippen LogP contribution < -0.4 is 15.5 Å². The molecule has 0 bridgehead atoms. The van der Waals surface area contributed by atoms with Crippen molar-refractivity contribution < 1.29 is 9.18 Å². The van der Waals surface area contributed by atoms with Gasteiger partial charge in [-0.3, -0.25) is 4.79 Å². The van der Waals surface area contributed by atoms with Crippen molar-refractivity contribution in [3.05, 3.63) is 29.6 Å². The van der Waals surface area contributed by atoms with E-state index in [2.05, 4.69) is 27.5 Å². The van der Waals surface area contributed by atoms with Crippen LogP contribution in [0.15, 0.2) is 18.2 Å². The minimum Gasteiger partial charge on any atom is -0.369 e. The van der Waals surface area contributed by atoms with E-state index >= 15 is 0 Å². The molecular weight excluding hydrogens is 295 g/mol. The predicted octanol–water partition coefficient (Wildman–Crippen LogP) is 0.974. The van der Waals surface area contributed by atoms with Crippen LogP contribution in [0.4, 0.5) is 10.1 Å². The van der Waals surface area contributed by atoms with Crippen LogP contribution in [-0.2, 0) is 4.79 Å². The fourth-order valence-electron chi connectivity index (χ4n) is 3.09. The van der Waals surface area contributed by atoms with Gasteiger partial charge in [-0.2, -0.15) is 0 Å². The lowest BCUT2D eigenvalue weighted by Gasteiger charge is -2.36. The number of carbonyl (C=O) groups excluding carboxylic acids is 1. The van der Waals surface area contributed by atoms with Crippen molar-refractivity contribution in [1.82, 2.24) is 15.5 Å². The van der Waals surface area contributed by atoms with E-state index in [9.17, 15) is 9.18 Å². The Morgan fingerprint density at radius 1 is 1.30 bits per heavy atom. The normalized spacial score (nSPS) is 20.9. The highest BCUT2D eigenvalue weighted by Crippen LogP contribution is 2.28. The average molecular weight is 320 g/mol. The molecule has 5 nitrogen and oxygen atoms in total. The van der Waals surface area contributed by atoms with Crippen molar-refractivity contribution >= 4 is 11.6 Å². The first kappa shape index (κ1) is 16.2. The molecule has 2 saturated heterocycles. The third-order valence-corrected chi connectivity index (χ3v) is 4.81. The van der Waals surface area contributed by atoms with Crippen molar-refractivity contribution in [3.8, 4) is 0 Å². The van der Waals surface area contributed by atoms with Gasteiger partial charge in [0.15, 0.2) is 0 Å². The summed E-state index contributed by atoms with van der Waals surface area (Å²) in [7, 11) is 2.11. The molecule has 2 fully saturated rings. The zero-order valence-corrected chi connectivity index (χ0v) is 13.8. The fourth-order valence-corrected chi connectivity index (χ4v) is 3.09. The van der Waals surface area contributed by atoms with Gasteiger partial charge < -0.3 is 20.4 Å². The SMILES string of the molecule is CC(NC(=O)C1CNC1)c1cc(F)ccc1N1CCN(C)CC1. The Kier molecular flexibility index (Phi) is 4.82. The molecule has 1 aromatic carbocycles. The van der Waals surface area contributed by atoms with Gasteiger partial charge in [-0.1, -0.05) is 0 Å². The number of carbonyl (C=O) groups is 1. The van der Waals surface area contributed by atoms with E-state index in [0.717, 1.165) is 50.5 Å². The van der Waals surface area contributed by atoms with Gasteiger partial charge in [-0.15, -0.1) is 0 Å². The molecule has 2 aliphatic rings. The maximum atomic E-state index is 13.8. The summed E-state index contributed by atoms with van der Waals surface area (Å²) in [6.45, 7) is 7.21. The molecule has 1 amide bonds. The van der Waals surface area contributed by atoms with Crippen molar-refractivity contribution in [3.63, 3.8) is 0 Å². The summed E-state index contributed by atoms with van der Waals surface area (Å²) in [5.41, 5.74) is 1.88. The predicted molar refractivity (Wildman–Crippen MR) is 89.0 cm³/mol. The number of halogens is 1. The van der Waals surface area contributed by atoms with Gasteiger partial charge in [0, 0.05) is 50.5 Å². The summed E-state index contributed by atoms with van der Waals surface area (Å²) in [5.74, 6) is -0.174. The third kappa shape index (κ3) is 3.64. The molecule has 23 heavy (non-hydrogen) atoms. The lowest BCUT2D eigenvalue weighted by Crippen LogP contribution is -2.51. The molecule has 2 aliphatic heterocycles. The second-order valence-electron chi connectivity index (χ2n) is 6.58. The van der Waals surface area contributed by atoms with E-state index in [1.807, 2.05) is 13.0 Å². The van der Waals surface area contributed by atoms with Crippen LogP contribution in [0.5, 0.6) is 0 Å². The smallest absolute Gasteiger partial charge is 0.226 e. The first-order valence-electron chi connectivity index (χ1n) is 8.28. The van der Waals surface area contributed by atoms with Crippen LogP contribution >= 0.6 is 0 Å². The molecule has 0 aromatic heterocycles. The number of nitrogens with one attached hydrogen (secondary N) is 2. The van der Waals surface area contributed by atoms with Crippen molar-refractivity contribution in [2.45, 2.75) is 13.0 Å². The zero-order valence-electron chi connectivity index (χ0n) is 13.8. The number of hydrogen-bond donors (Lipinski definition) is 2. The highest BCUT2D eigenvalue weighted by molar-refractivity contribution is 5.80. The molecule has 0 radical (unpaired) electrons. The van der Waals surface area contributed by atoms with Gasteiger partial charge >= 0.3 is 0 Å². The molecule has 0 aliphatic carbocycles. The lowest BCUT2D eigenvalue weighted by atomic mass is 10.00. The van der Waals surface area contributed by atoms with Crippen LogP contribution in [0.1, 0.15) is 18.5 Å². The number of amides is 1. The Morgan fingerprint density at radius 2 is 2.00 bits per heavy atom. The number of anilines is 1. The second-order valence-corrected chi connectivity index (χ2v) is 6.58. The summed E-state index contributed by atoms with van der Waals surface area (Å²) in [6, 6.07) is 4.69. The summed E-state index contributed by atoms with van der Waals surface area (Å²) in [6.07, 6.45) is 0. The third-order valence-electron chi connectivity index (χ3n) is 4.81. The molecule has 1 unspecified atom stereocenters. The largest absolute Gasteiger partial charge is 0.369 e. The molecule has 6 heteroatoms. The summed E-state index contributed by atoms with van der Waals surface area (Å²) >= 11 is 0. The van der Waals surface area contributed by atoms with Gasteiger partial charge in [-0.05, 0) is 32.2 Å². The number of nitrogens with zero attached hydrogens (tertiary/aromatic N) is 2. The summed E-state index contributed by atoms with van der Waals surface area (Å²) in [5, 5.41) is 6.13. The number of rotatable bonds is 4. The molecule has 2 N–H and O–H groups in total. The topological polar surface area (TPSA) is 47.6 Å². The Labute approximate surface area is 136 Å². The Hall–Kier alpha value is -1.66. The molecule has 2 heterocycles. The molecular formula is C17H25FN4O. The van der Waals surface area contributed by atoms with E-state index in [1.54, 1.807) is 6.07 Å². The van der Waals surface area contributed by atoms with Gasteiger partial charge in [0.05, 0.1) is 12.0 Å². The first-order chi connectivity index (χ1) is 11.0. The highest BCUT2D eigenvalue weighted by atomic mass is 19.1. The standard InChI is InChI=1S/C17H25FN4O/c1-12(20-17(23)13-10-19-11-13)15-9-14(18)3-4-16(15)22-7-5-21(2)6-8-22/h3-4,9,12-13,19H,5-8,10-11H2,1-2H3,(H,20,23). The Morgan fingerprint density at radius 3 is 2.61 bits per heavy atom. The van der Waals surface area contributed by atoms with Crippen LogP contribution in [0.25, 0.3) is 0 Å². The van der Waals surface area contributed by atoms with Crippen LogP contribution in [0.3, 0.4) is 0 Å². The maximum absolute atomic E-state index is 13.8. The second kappa shape index (κ2) is 6.84. The van der Waals surface area contributed by atoms with E-state index in [-0.39, 0.29) is 23.7 Å². The van der Waals surface area contributed by atoms with Crippen LogP contribution in [0.2, 0.25) is 0 Å². The van der Waals surface area contributed by atoms with E-state index in [1.165, 1.54) is 6.07 Å². The average Bonchev–Trinajstić information content (AvgIpc) is 2.46. The Balaban J connectivity index is 1.76. The monoisotopic (exact) mass is 320 g/mol. The molecule has 3 rings (SSSR count). The van der Waals surface area contributed by atoms with Crippen molar-refractivity contribution in [2.24, 2.45) is 5.92 Å². The molecule has 126 valence electrons. The van der Waals surface area contributed by atoms with E-state index in [4.69, 9.17) is 0 Å². The molecule has 1 atom stereocenters. The Bertz CT molecular complexity index is 568. The number of benzene rings is 1. The molecule has 0 saturated carbocycles. The van der Waals surface area contributed by atoms with Gasteiger partial charge in [0.25, 0.3) is 0 Å². The number of piperazine rings is 1. The van der Waals surface area contributed by atoms with Crippen molar-refractivity contribution in [2.75, 3.05) is 51.2 Å². The van der Waals surface area contributed by atoms with E-state index < -0.39 is 0 Å². The number of likely N-dealkylation sites (N-methyl/N-ethyl adjacent to an activating group) is 1. The highest BCUT2D eigenvalue weighted by Gasteiger charge is 2.27. The number of hydrogen-bond acceptors (Lipinski definition) is 4. The first-order valence-corrected chi connectivity index (χ1v) is 8.28. The summed E-state index contributed by atoms with van der Waals surface area (Å²) in [4.78, 5) is 16.7. The quantitative estimate of drug-likeness (QED) is 0.868. The lowest BCUT2D eigenvalue weighted by molar-refractivity contribution is -0.127. The maximum Gasteiger partial charge on any atom is 0.226 e.